The second-order valence-corrected chi connectivity index (χ2v) is 7.18. The number of carbonyl (C=O) groups is 1. The van der Waals surface area contributed by atoms with E-state index >= 15 is 0 Å². The third-order valence-corrected chi connectivity index (χ3v) is 3.79. The fourth-order valence-electron chi connectivity index (χ4n) is 2.83. The van der Waals surface area contributed by atoms with Gasteiger partial charge < -0.3 is 9.68 Å². The fourth-order valence-corrected chi connectivity index (χ4v) is 2.83. The first-order valence-electron chi connectivity index (χ1n) is 7.29. The molecule has 1 heterocycles. The lowest BCUT2D eigenvalue weighted by molar-refractivity contribution is -0.769. The van der Waals surface area contributed by atoms with E-state index in [4.69, 9.17) is 9.68 Å². The molecule has 0 aliphatic carbocycles. The maximum absolute atomic E-state index is 12.0. The first kappa shape index (κ1) is 17.7. The Balaban J connectivity index is 2.98. The average molecular weight is 302 g/mol. The summed E-state index contributed by atoms with van der Waals surface area (Å²) < 4.78 is 0. The predicted molar refractivity (Wildman–Crippen MR) is 76.6 cm³/mol. The van der Waals surface area contributed by atoms with Gasteiger partial charge >= 0.3 is 5.97 Å². The van der Waals surface area contributed by atoms with Crippen molar-refractivity contribution < 1.29 is 19.6 Å². The van der Waals surface area contributed by atoms with Gasteiger partial charge in [-0.15, -0.1) is 15.2 Å². The lowest BCUT2D eigenvalue weighted by Gasteiger charge is -2.44. The normalized spacial score (nSPS) is 25.2. The van der Waals surface area contributed by atoms with Gasteiger partial charge in [-0.2, -0.15) is 0 Å². The van der Waals surface area contributed by atoms with E-state index in [2.05, 4.69) is 0 Å². The lowest BCUT2D eigenvalue weighted by Crippen LogP contribution is -2.55. The van der Waals surface area contributed by atoms with Crippen molar-refractivity contribution in [3.63, 3.8) is 0 Å². The molecule has 1 atom stereocenters. The molecule has 1 rings (SSSR count). The highest BCUT2D eigenvalue weighted by atomic mass is 17.0. The number of hydrogen-bond acceptors (Lipinski definition) is 6. The molecule has 1 fully saturated rings. The van der Waals surface area contributed by atoms with Crippen LogP contribution in [0, 0.1) is 16.0 Å². The first-order chi connectivity index (χ1) is 9.45. The van der Waals surface area contributed by atoms with Crippen LogP contribution in [0.3, 0.4) is 0 Å². The van der Waals surface area contributed by atoms with Crippen LogP contribution >= 0.6 is 0 Å². The predicted octanol–water partition coefficient (Wildman–Crippen LogP) is 2.72. The summed E-state index contributed by atoms with van der Waals surface area (Å²) in [5.74, 6) is -0.532. The van der Waals surface area contributed by atoms with Crippen molar-refractivity contribution in [1.82, 2.24) is 5.06 Å². The Kier molecular flexibility index (Phi) is 5.20. The van der Waals surface area contributed by atoms with Gasteiger partial charge in [0, 0.05) is 0 Å². The number of carbonyl (C=O) groups excluding carboxylic acids is 1. The van der Waals surface area contributed by atoms with E-state index in [-0.39, 0.29) is 11.9 Å². The van der Waals surface area contributed by atoms with Gasteiger partial charge in [-0.05, 0) is 47.0 Å². The standard InChI is InChI=1S/C14H26N2O5/c1-10(2)12(17)21-15-13(3,4)8-7-11(20-16(18)19)9-14(15,5)6/h10-11H,7-9H2,1-6H3. The average Bonchev–Trinajstić information content (AvgIpc) is 2.37. The summed E-state index contributed by atoms with van der Waals surface area (Å²) >= 11 is 0. The van der Waals surface area contributed by atoms with E-state index in [1.54, 1.807) is 18.9 Å². The van der Waals surface area contributed by atoms with E-state index in [1.807, 2.05) is 27.7 Å². The van der Waals surface area contributed by atoms with Gasteiger partial charge in [0.1, 0.15) is 6.10 Å². The Morgan fingerprint density at radius 3 is 2.33 bits per heavy atom. The number of rotatable bonds is 4. The minimum Gasteiger partial charge on any atom is -0.367 e. The van der Waals surface area contributed by atoms with Gasteiger partial charge in [-0.3, -0.25) is 4.79 Å². The molecule has 21 heavy (non-hydrogen) atoms. The van der Waals surface area contributed by atoms with Crippen LogP contribution in [0.15, 0.2) is 0 Å². The minimum atomic E-state index is -0.746. The molecule has 7 heteroatoms. The van der Waals surface area contributed by atoms with Gasteiger partial charge in [0.2, 0.25) is 0 Å². The summed E-state index contributed by atoms with van der Waals surface area (Å²) in [6.45, 7) is 11.3. The molecule has 0 saturated carbocycles. The van der Waals surface area contributed by atoms with Crippen LogP contribution in [-0.4, -0.2) is 33.3 Å². The van der Waals surface area contributed by atoms with E-state index < -0.39 is 22.3 Å². The molecule has 1 aliphatic heterocycles. The third kappa shape index (κ3) is 4.56. The fraction of sp³-hybridized carbons (Fsp3) is 0.929. The van der Waals surface area contributed by atoms with Crippen LogP contribution in [0.25, 0.3) is 0 Å². The van der Waals surface area contributed by atoms with Crippen LogP contribution in [0.2, 0.25) is 0 Å². The van der Waals surface area contributed by atoms with E-state index in [0.717, 1.165) is 0 Å². The molecule has 0 aromatic carbocycles. The second-order valence-electron chi connectivity index (χ2n) is 7.18. The first-order valence-corrected chi connectivity index (χ1v) is 7.29. The molecule has 0 N–H and O–H groups in total. The molecule has 0 amide bonds. The third-order valence-electron chi connectivity index (χ3n) is 3.79. The highest BCUT2D eigenvalue weighted by Gasteiger charge is 2.46. The lowest BCUT2D eigenvalue weighted by atomic mass is 9.95. The summed E-state index contributed by atoms with van der Waals surface area (Å²) in [5, 5.41) is 11.5. The number of hydrogen-bond donors (Lipinski definition) is 0. The molecule has 0 aromatic heterocycles. The molecule has 0 aromatic rings. The largest absolute Gasteiger partial charge is 0.367 e. The molecular formula is C14H26N2O5. The highest BCUT2D eigenvalue weighted by Crippen LogP contribution is 2.38. The zero-order valence-electron chi connectivity index (χ0n) is 13.7. The molecule has 122 valence electrons. The monoisotopic (exact) mass is 302 g/mol. The van der Waals surface area contributed by atoms with Crippen molar-refractivity contribution in [2.75, 3.05) is 0 Å². The number of hydroxylamine groups is 2. The Morgan fingerprint density at radius 2 is 1.86 bits per heavy atom. The Morgan fingerprint density at radius 1 is 1.29 bits per heavy atom. The summed E-state index contributed by atoms with van der Waals surface area (Å²) in [6.07, 6.45) is 1.12. The van der Waals surface area contributed by atoms with Gasteiger partial charge in [0.25, 0.3) is 5.09 Å². The van der Waals surface area contributed by atoms with Crippen LogP contribution < -0.4 is 0 Å². The molecule has 1 unspecified atom stereocenters. The van der Waals surface area contributed by atoms with Crippen LogP contribution in [0.5, 0.6) is 0 Å². The van der Waals surface area contributed by atoms with Crippen molar-refractivity contribution in [3.8, 4) is 0 Å². The Labute approximate surface area is 125 Å². The van der Waals surface area contributed by atoms with Crippen molar-refractivity contribution in [2.45, 2.75) is 78.0 Å². The SMILES string of the molecule is CC(C)C(=O)ON1C(C)(C)CCC(O[N+](=O)[O-])CC1(C)C. The molecule has 1 saturated heterocycles. The van der Waals surface area contributed by atoms with E-state index in [0.29, 0.717) is 19.3 Å². The van der Waals surface area contributed by atoms with E-state index in [9.17, 15) is 14.9 Å². The van der Waals surface area contributed by atoms with Crippen LogP contribution in [-0.2, 0) is 14.5 Å². The quantitative estimate of drug-likeness (QED) is 0.586. The summed E-state index contributed by atoms with van der Waals surface area (Å²) in [6, 6.07) is 0. The summed E-state index contributed by atoms with van der Waals surface area (Å²) in [7, 11) is 0. The van der Waals surface area contributed by atoms with Crippen molar-refractivity contribution in [3.05, 3.63) is 10.1 Å². The highest BCUT2D eigenvalue weighted by molar-refractivity contribution is 5.71. The maximum Gasteiger partial charge on any atom is 0.327 e. The molecule has 0 bridgehead atoms. The Bertz CT molecular complexity index is 406. The minimum absolute atomic E-state index is 0.231. The molecule has 1 aliphatic rings. The van der Waals surface area contributed by atoms with E-state index in [1.165, 1.54) is 0 Å². The molecule has 0 radical (unpaired) electrons. The van der Waals surface area contributed by atoms with Gasteiger partial charge in [0.05, 0.1) is 17.0 Å². The molecular weight excluding hydrogens is 276 g/mol. The van der Waals surface area contributed by atoms with Gasteiger partial charge in [0.15, 0.2) is 0 Å². The van der Waals surface area contributed by atoms with Crippen molar-refractivity contribution in [1.29, 1.82) is 0 Å². The maximum atomic E-state index is 12.0. The topological polar surface area (TPSA) is 81.9 Å². The smallest absolute Gasteiger partial charge is 0.327 e. The van der Waals surface area contributed by atoms with Crippen LogP contribution in [0.1, 0.15) is 60.8 Å². The zero-order chi connectivity index (χ0) is 16.4. The van der Waals surface area contributed by atoms with Gasteiger partial charge in [-0.1, -0.05) is 13.8 Å². The van der Waals surface area contributed by atoms with Crippen LogP contribution in [0.4, 0.5) is 0 Å². The zero-order valence-corrected chi connectivity index (χ0v) is 13.7. The van der Waals surface area contributed by atoms with Crippen molar-refractivity contribution >= 4 is 5.97 Å². The molecule has 7 nitrogen and oxygen atoms in total. The summed E-state index contributed by atoms with van der Waals surface area (Å²) in [5.41, 5.74) is -0.964. The number of nitrogens with zero attached hydrogens (tertiary/aromatic N) is 2. The van der Waals surface area contributed by atoms with Gasteiger partial charge in [-0.25, -0.2) is 0 Å². The Hall–Kier alpha value is -1.37. The second kappa shape index (κ2) is 6.17. The van der Waals surface area contributed by atoms with Crippen molar-refractivity contribution in [2.24, 2.45) is 5.92 Å². The molecule has 0 spiro atoms. The summed E-state index contributed by atoms with van der Waals surface area (Å²) in [4.78, 5) is 32.9.